The van der Waals surface area contributed by atoms with Crippen LogP contribution in [0.1, 0.15) is 19.3 Å². The molecule has 3 rings (SSSR count). The summed E-state index contributed by atoms with van der Waals surface area (Å²) in [4.78, 5) is 25.5. The van der Waals surface area contributed by atoms with Gasteiger partial charge in [0.15, 0.2) is 5.78 Å². The highest BCUT2D eigenvalue weighted by Gasteiger charge is 2.51. The number of carbonyl (C=O) groups is 2. The zero-order chi connectivity index (χ0) is 11.3. The molecule has 1 saturated heterocycles. The van der Waals surface area contributed by atoms with Gasteiger partial charge in [0, 0.05) is 25.6 Å². The molecule has 4 heteroatoms. The third-order valence-corrected chi connectivity index (χ3v) is 3.75. The zero-order valence-corrected chi connectivity index (χ0v) is 9.16. The number of hydrogen-bond donors (Lipinski definition) is 0. The minimum atomic E-state index is -0.429. The summed E-state index contributed by atoms with van der Waals surface area (Å²) in [5, 5.41) is 0. The van der Waals surface area contributed by atoms with E-state index in [0.717, 1.165) is 19.4 Å². The Hall–Kier alpha value is -1.42. The van der Waals surface area contributed by atoms with Gasteiger partial charge in [-0.2, -0.15) is 0 Å². The highest BCUT2D eigenvalue weighted by Crippen LogP contribution is 2.46. The molecule has 0 N–H and O–H groups in total. The van der Waals surface area contributed by atoms with E-state index >= 15 is 0 Å². The summed E-state index contributed by atoms with van der Waals surface area (Å²) in [6, 6.07) is 0. The molecule has 0 amide bonds. The van der Waals surface area contributed by atoms with Gasteiger partial charge >= 0.3 is 0 Å². The van der Waals surface area contributed by atoms with Gasteiger partial charge in [-0.1, -0.05) is 0 Å². The first kappa shape index (κ1) is 9.78. The fraction of sp³-hybridized carbons (Fsp3) is 0.500. The second-order valence-electron chi connectivity index (χ2n) is 4.47. The number of ether oxygens (including phenoxy) is 1. The SMILES string of the molecule is COC12CCCN1C1=C(C2)C(=O)C=CC1=O. The van der Waals surface area contributed by atoms with Gasteiger partial charge in [0.05, 0.1) is 5.70 Å². The van der Waals surface area contributed by atoms with E-state index in [4.69, 9.17) is 4.74 Å². The van der Waals surface area contributed by atoms with Crippen LogP contribution in [0.4, 0.5) is 0 Å². The minimum Gasteiger partial charge on any atom is -0.359 e. The Kier molecular flexibility index (Phi) is 1.86. The van der Waals surface area contributed by atoms with Crippen molar-refractivity contribution in [2.75, 3.05) is 13.7 Å². The Morgan fingerprint density at radius 3 is 2.81 bits per heavy atom. The van der Waals surface area contributed by atoms with E-state index in [2.05, 4.69) is 0 Å². The summed E-state index contributed by atoms with van der Waals surface area (Å²) in [6.07, 6.45) is 5.18. The second-order valence-corrected chi connectivity index (χ2v) is 4.47. The molecule has 1 fully saturated rings. The van der Waals surface area contributed by atoms with Crippen LogP contribution in [0.3, 0.4) is 0 Å². The quantitative estimate of drug-likeness (QED) is 0.612. The minimum absolute atomic E-state index is 0.0413. The van der Waals surface area contributed by atoms with Crippen LogP contribution in [0.2, 0.25) is 0 Å². The van der Waals surface area contributed by atoms with Crippen LogP contribution in [0, 0.1) is 0 Å². The van der Waals surface area contributed by atoms with E-state index in [-0.39, 0.29) is 11.6 Å². The molecule has 2 aliphatic heterocycles. The third kappa shape index (κ3) is 1.02. The molecule has 3 aliphatic rings. The van der Waals surface area contributed by atoms with Crippen molar-refractivity contribution in [2.24, 2.45) is 0 Å². The van der Waals surface area contributed by atoms with Gasteiger partial charge in [-0.15, -0.1) is 0 Å². The van der Waals surface area contributed by atoms with Crippen molar-refractivity contribution in [3.05, 3.63) is 23.4 Å². The number of ketones is 2. The number of hydrogen-bond acceptors (Lipinski definition) is 4. The maximum atomic E-state index is 11.8. The van der Waals surface area contributed by atoms with Crippen molar-refractivity contribution in [2.45, 2.75) is 25.0 Å². The van der Waals surface area contributed by atoms with Crippen LogP contribution < -0.4 is 0 Å². The van der Waals surface area contributed by atoms with Crippen molar-refractivity contribution in [1.82, 2.24) is 4.90 Å². The molecule has 2 heterocycles. The number of methoxy groups -OCH3 is 1. The van der Waals surface area contributed by atoms with Crippen LogP contribution in [0.5, 0.6) is 0 Å². The highest BCUT2D eigenvalue weighted by molar-refractivity contribution is 6.20. The predicted molar refractivity (Wildman–Crippen MR) is 56.5 cm³/mol. The smallest absolute Gasteiger partial charge is 0.202 e. The Morgan fingerprint density at radius 2 is 2.06 bits per heavy atom. The normalized spacial score (nSPS) is 32.4. The molecule has 0 spiro atoms. The van der Waals surface area contributed by atoms with Gasteiger partial charge in [-0.25, -0.2) is 0 Å². The Morgan fingerprint density at radius 1 is 1.31 bits per heavy atom. The molecule has 0 saturated carbocycles. The average Bonchev–Trinajstić information content (AvgIpc) is 2.79. The zero-order valence-electron chi connectivity index (χ0n) is 9.16. The summed E-state index contributed by atoms with van der Waals surface area (Å²) < 4.78 is 5.56. The van der Waals surface area contributed by atoms with E-state index in [0.29, 0.717) is 17.7 Å². The van der Waals surface area contributed by atoms with Gasteiger partial charge in [0.1, 0.15) is 5.72 Å². The van der Waals surface area contributed by atoms with E-state index in [1.165, 1.54) is 12.2 Å². The Balaban J connectivity index is 2.08. The molecule has 1 aliphatic carbocycles. The number of carbonyl (C=O) groups excluding carboxylic acids is 2. The van der Waals surface area contributed by atoms with Crippen molar-refractivity contribution in [3.8, 4) is 0 Å². The molecular formula is C12H13NO3. The van der Waals surface area contributed by atoms with Crippen molar-refractivity contribution < 1.29 is 14.3 Å². The maximum Gasteiger partial charge on any atom is 0.202 e. The fourth-order valence-corrected chi connectivity index (χ4v) is 2.98. The summed E-state index contributed by atoms with van der Waals surface area (Å²) in [5.41, 5.74) is 0.781. The van der Waals surface area contributed by atoms with Gasteiger partial charge in [-0.05, 0) is 25.0 Å². The first-order valence-electron chi connectivity index (χ1n) is 5.51. The number of rotatable bonds is 1. The van der Waals surface area contributed by atoms with E-state index in [1.54, 1.807) is 7.11 Å². The van der Waals surface area contributed by atoms with Crippen molar-refractivity contribution >= 4 is 11.6 Å². The average molecular weight is 219 g/mol. The van der Waals surface area contributed by atoms with Gasteiger partial charge in [0.25, 0.3) is 0 Å². The topological polar surface area (TPSA) is 46.6 Å². The van der Waals surface area contributed by atoms with E-state index < -0.39 is 5.72 Å². The molecule has 1 unspecified atom stereocenters. The second kappa shape index (κ2) is 3.04. The number of nitrogens with zero attached hydrogens (tertiary/aromatic N) is 1. The standard InChI is InChI=1S/C12H13NO3/c1-16-12-5-2-6-13(12)11-8(7-12)9(14)3-4-10(11)15/h3-4H,2,5-7H2,1H3. The maximum absolute atomic E-state index is 11.8. The first-order valence-corrected chi connectivity index (χ1v) is 5.51. The van der Waals surface area contributed by atoms with Crippen LogP contribution in [0.15, 0.2) is 23.4 Å². The molecule has 0 aromatic rings. The van der Waals surface area contributed by atoms with Crippen LogP contribution in [-0.4, -0.2) is 35.8 Å². The highest BCUT2D eigenvalue weighted by atomic mass is 16.5. The van der Waals surface area contributed by atoms with Gasteiger partial charge in [0.2, 0.25) is 5.78 Å². The monoisotopic (exact) mass is 219 g/mol. The summed E-state index contributed by atoms with van der Waals surface area (Å²) in [6.45, 7) is 0.805. The lowest BCUT2D eigenvalue weighted by molar-refractivity contribution is -0.118. The van der Waals surface area contributed by atoms with Crippen LogP contribution >= 0.6 is 0 Å². The largest absolute Gasteiger partial charge is 0.359 e. The van der Waals surface area contributed by atoms with Crippen LogP contribution in [0.25, 0.3) is 0 Å². The fourth-order valence-electron chi connectivity index (χ4n) is 2.98. The number of allylic oxidation sites excluding steroid dienone is 2. The van der Waals surface area contributed by atoms with Gasteiger partial charge in [-0.3, -0.25) is 9.59 Å². The lowest BCUT2D eigenvalue weighted by atomic mass is 9.96. The number of fused-ring (bicyclic) bond motifs is 2. The Bertz CT molecular complexity index is 449. The molecule has 0 radical (unpaired) electrons. The summed E-state index contributed by atoms with van der Waals surface area (Å²) in [7, 11) is 1.65. The molecule has 0 bridgehead atoms. The predicted octanol–water partition coefficient (Wildman–Crippen LogP) is 0.791. The molecule has 16 heavy (non-hydrogen) atoms. The van der Waals surface area contributed by atoms with Crippen LogP contribution in [-0.2, 0) is 14.3 Å². The van der Waals surface area contributed by atoms with E-state index in [1.807, 2.05) is 4.90 Å². The molecular weight excluding hydrogens is 206 g/mol. The third-order valence-electron chi connectivity index (χ3n) is 3.75. The van der Waals surface area contributed by atoms with Crippen molar-refractivity contribution in [3.63, 3.8) is 0 Å². The molecule has 84 valence electrons. The Labute approximate surface area is 93.6 Å². The molecule has 0 aromatic carbocycles. The lowest BCUT2D eigenvalue weighted by Gasteiger charge is -2.33. The first-order chi connectivity index (χ1) is 7.68. The van der Waals surface area contributed by atoms with Crippen molar-refractivity contribution in [1.29, 1.82) is 0 Å². The molecule has 1 atom stereocenters. The molecule has 0 aromatic heterocycles. The van der Waals surface area contributed by atoms with Gasteiger partial charge < -0.3 is 9.64 Å². The molecule has 4 nitrogen and oxygen atoms in total. The summed E-state index contributed by atoms with van der Waals surface area (Å²) in [5.74, 6) is -0.101. The van der Waals surface area contributed by atoms with E-state index in [9.17, 15) is 9.59 Å². The lowest BCUT2D eigenvalue weighted by Crippen LogP contribution is -2.41. The summed E-state index contributed by atoms with van der Waals surface area (Å²) >= 11 is 0.